The number of nitrogens with zero attached hydrogens (tertiary/aromatic N) is 3. The SMILES string of the molecule is CC(C)n1c(Sc2ncc(C(=O)O)cc2N)n[nH]c1=O. The number of hydrogen-bond acceptors (Lipinski definition) is 6. The van der Waals surface area contributed by atoms with E-state index in [1.54, 1.807) is 0 Å². The average Bonchev–Trinajstić information content (AvgIpc) is 2.72. The van der Waals surface area contributed by atoms with Crippen LogP contribution < -0.4 is 11.4 Å². The normalized spacial score (nSPS) is 10.9. The molecule has 0 radical (unpaired) electrons. The van der Waals surface area contributed by atoms with Gasteiger partial charge in [0.25, 0.3) is 0 Å². The number of nitrogens with one attached hydrogen (secondary N) is 1. The Morgan fingerprint density at radius 3 is 2.80 bits per heavy atom. The predicted octanol–water partition coefficient (Wildman–Crippen LogP) is 0.979. The fraction of sp³-hybridized carbons (Fsp3) is 0.273. The summed E-state index contributed by atoms with van der Waals surface area (Å²) in [5, 5.41) is 15.9. The molecule has 0 bridgehead atoms. The summed E-state index contributed by atoms with van der Waals surface area (Å²) < 4.78 is 1.47. The number of nitrogens with two attached hydrogens (primary N) is 1. The van der Waals surface area contributed by atoms with Crippen molar-refractivity contribution in [2.75, 3.05) is 5.73 Å². The fourth-order valence-electron chi connectivity index (χ4n) is 1.58. The Labute approximate surface area is 118 Å². The third-order valence-corrected chi connectivity index (χ3v) is 3.51. The summed E-state index contributed by atoms with van der Waals surface area (Å²) in [4.78, 5) is 26.4. The number of aromatic amines is 1. The van der Waals surface area contributed by atoms with Gasteiger partial charge in [0.15, 0.2) is 5.16 Å². The molecule has 2 aromatic rings. The van der Waals surface area contributed by atoms with Gasteiger partial charge in [-0.2, -0.15) is 0 Å². The lowest BCUT2D eigenvalue weighted by Crippen LogP contribution is -2.19. The van der Waals surface area contributed by atoms with Crippen LogP contribution >= 0.6 is 11.8 Å². The lowest BCUT2D eigenvalue weighted by atomic mass is 10.3. The zero-order chi connectivity index (χ0) is 14.9. The van der Waals surface area contributed by atoms with Gasteiger partial charge in [0.05, 0.1) is 11.3 Å². The van der Waals surface area contributed by atoms with E-state index < -0.39 is 5.97 Å². The third kappa shape index (κ3) is 2.67. The molecule has 9 heteroatoms. The van der Waals surface area contributed by atoms with E-state index in [4.69, 9.17) is 10.8 Å². The Morgan fingerprint density at radius 2 is 2.25 bits per heavy atom. The molecule has 0 aliphatic heterocycles. The van der Waals surface area contributed by atoms with Gasteiger partial charge >= 0.3 is 11.7 Å². The van der Waals surface area contributed by atoms with E-state index in [1.165, 1.54) is 16.8 Å². The molecule has 0 aromatic carbocycles. The highest BCUT2D eigenvalue weighted by Gasteiger charge is 2.15. The zero-order valence-corrected chi connectivity index (χ0v) is 11.6. The van der Waals surface area contributed by atoms with Gasteiger partial charge in [-0.25, -0.2) is 19.7 Å². The van der Waals surface area contributed by atoms with Crippen molar-refractivity contribution >= 4 is 23.4 Å². The minimum Gasteiger partial charge on any atom is -0.478 e. The molecular weight excluding hydrogens is 282 g/mol. The standard InChI is InChI=1S/C11H13N5O3S/c1-5(2)16-10(19)14-15-11(16)20-8-7(12)3-6(4-13-8)9(17)18/h3-5H,12H2,1-2H3,(H,14,19)(H,17,18). The minimum atomic E-state index is -1.10. The Balaban J connectivity index is 2.36. The van der Waals surface area contributed by atoms with Gasteiger partial charge < -0.3 is 10.8 Å². The van der Waals surface area contributed by atoms with Crippen LogP contribution in [0.3, 0.4) is 0 Å². The molecule has 0 amide bonds. The van der Waals surface area contributed by atoms with Gasteiger partial charge in [-0.05, 0) is 31.7 Å². The van der Waals surface area contributed by atoms with E-state index in [0.717, 1.165) is 11.8 Å². The van der Waals surface area contributed by atoms with Crippen molar-refractivity contribution in [3.63, 3.8) is 0 Å². The van der Waals surface area contributed by atoms with E-state index in [0.29, 0.717) is 10.2 Å². The summed E-state index contributed by atoms with van der Waals surface area (Å²) in [5.41, 5.74) is 5.68. The highest BCUT2D eigenvalue weighted by atomic mass is 32.2. The number of aromatic carboxylic acids is 1. The predicted molar refractivity (Wildman–Crippen MR) is 73.0 cm³/mol. The van der Waals surface area contributed by atoms with Gasteiger partial charge in [0.1, 0.15) is 5.03 Å². The maximum atomic E-state index is 11.6. The highest BCUT2D eigenvalue weighted by Crippen LogP contribution is 2.29. The number of rotatable bonds is 4. The Bertz CT molecular complexity index is 706. The average molecular weight is 295 g/mol. The molecule has 2 aromatic heterocycles. The first-order valence-corrected chi connectivity index (χ1v) is 6.55. The van der Waals surface area contributed by atoms with E-state index in [1.807, 2.05) is 13.8 Å². The molecular formula is C11H13N5O3S. The van der Waals surface area contributed by atoms with Gasteiger partial charge in [0.2, 0.25) is 0 Å². The number of carboxylic acids is 1. The molecule has 0 fully saturated rings. The molecule has 106 valence electrons. The minimum absolute atomic E-state index is 0.00938. The number of carboxylic acid groups (broad SMARTS) is 1. The van der Waals surface area contributed by atoms with E-state index in [-0.39, 0.29) is 23.0 Å². The monoisotopic (exact) mass is 295 g/mol. The second-order valence-electron chi connectivity index (χ2n) is 4.30. The van der Waals surface area contributed by atoms with Crippen LogP contribution in [-0.2, 0) is 0 Å². The van der Waals surface area contributed by atoms with Crippen LogP contribution in [0.2, 0.25) is 0 Å². The first kappa shape index (κ1) is 14.1. The molecule has 0 saturated heterocycles. The molecule has 4 N–H and O–H groups in total. The van der Waals surface area contributed by atoms with Crippen LogP contribution in [0.15, 0.2) is 27.2 Å². The number of H-pyrrole nitrogens is 1. The number of carbonyl (C=O) groups is 1. The Kier molecular flexibility index (Phi) is 3.79. The van der Waals surface area contributed by atoms with Crippen molar-refractivity contribution in [2.45, 2.75) is 30.1 Å². The van der Waals surface area contributed by atoms with Crippen LogP contribution in [-0.4, -0.2) is 30.8 Å². The largest absolute Gasteiger partial charge is 0.478 e. The fourth-order valence-corrected chi connectivity index (χ4v) is 2.51. The first-order chi connectivity index (χ1) is 9.40. The van der Waals surface area contributed by atoms with Gasteiger partial charge in [0, 0.05) is 12.2 Å². The smallest absolute Gasteiger partial charge is 0.344 e. The second kappa shape index (κ2) is 5.37. The maximum Gasteiger partial charge on any atom is 0.344 e. The lowest BCUT2D eigenvalue weighted by molar-refractivity contribution is 0.0696. The number of anilines is 1. The van der Waals surface area contributed by atoms with Crippen molar-refractivity contribution in [1.29, 1.82) is 0 Å². The lowest BCUT2D eigenvalue weighted by Gasteiger charge is -2.09. The van der Waals surface area contributed by atoms with Crippen LogP contribution in [0.5, 0.6) is 0 Å². The van der Waals surface area contributed by atoms with Crippen molar-refractivity contribution in [3.05, 3.63) is 28.3 Å². The summed E-state index contributed by atoms with van der Waals surface area (Å²) >= 11 is 1.10. The topological polar surface area (TPSA) is 127 Å². The molecule has 20 heavy (non-hydrogen) atoms. The van der Waals surface area contributed by atoms with Gasteiger partial charge in [-0.1, -0.05) is 0 Å². The first-order valence-electron chi connectivity index (χ1n) is 5.73. The molecule has 0 spiro atoms. The highest BCUT2D eigenvalue weighted by molar-refractivity contribution is 7.99. The van der Waals surface area contributed by atoms with E-state index >= 15 is 0 Å². The van der Waals surface area contributed by atoms with Gasteiger partial charge in [-0.3, -0.25) is 4.57 Å². The maximum absolute atomic E-state index is 11.6. The quantitative estimate of drug-likeness (QED) is 0.767. The molecule has 0 aliphatic carbocycles. The number of hydrogen-bond donors (Lipinski definition) is 3. The zero-order valence-electron chi connectivity index (χ0n) is 10.8. The molecule has 0 aliphatic rings. The van der Waals surface area contributed by atoms with Crippen LogP contribution in [0.1, 0.15) is 30.2 Å². The molecule has 2 heterocycles. The molecule has 8 nitrogen and oxygen atoms in total. The van der Waals surface area contributed by atoms with Crippen molar-refractivity contribution in [1.82, 2.24) is 19.7 Å². The van der Waals surface area contributed by atoms with Crippen LogP contribution in [0, 0.1) is 0 Å². The Hall–Kier alpha value is -2.29. The van der Waals surface area contributed by atoms with Crippen molar-refractivity contribution in [3.8, 4) is 0 Å². The molecule has 2 rings (SSSR count). The summed E-state index contributed by atoms with van der Waals surface area (Å²) in [6.45, 7) is 3.70. The molecule has 0 atom stereocenters. The van der Waals surface area contributed by atoms with Crippen molar-refractivity contribution < 1.29 is 9.90 Å². The number of aromatic nitrogens is 4. The Morgan fingerprint density at radius 1 is 1.55 bits per heavy atom. The van der Waals surface area contributed by atoms with E-state index in [9.17, 15) is 9.59 Å². The van der Waals surface area contributed by atoms with Gasteiger partial charge in [-0.15, -0.1) is 5.10 Å². The summed E-state index contributed by atoms with van der Waals surface area (Å²) in [7, 11) is 0. The van der Waals surface area contributed by atoms with Crippen LogP contribution in [0.4, 0.5) is 5.69 Å². The van der Waals surface area contributed by atoms with E-state index in [2.05, 4.69) is 15.2 Å². The summed E-state index contributed by atoms with van der Waals surface area (Å²) in [6.07, 6.45) is 1.21. The molecule has 0 unspecified atom stereocenters. The van der Waals surface area contributed by atoms with Crippen LogP contribution in [0.25, 0.3) is 0 Å². The number of nitrogen functional groups attached to an aromatic ring is 1. The number of pyridine rings is 1. The molecule has 0 saturated carbocycles. The summed E-state index contributed by atoms with van der Waals surface area (Å²) in [5.74, 6) is -1.10. The second-order valence-corrected chi connectivity index (χ2v) is 5.26. The van der Waals surface area contributed by atoms with Crippen molar-refractivity contribution in [2.24, 2.45) is 0 Å². The summed E-state index contributed by atoms with van der Waals surface area (Å²) in [6, 6.07) is 1.26. The third-order valence-electron chi connectivity index (χ3n) is 2.50.